The number of ether oxygens (including phenoxy) is 1. The van der Waals surface area contributed by atoms with Crippen LogP contribution < -0.4 is 5.32 Å². The molecule has 126 valence electrons. The molecule has 0 unspecified atom stereocenters. The van der Waals surface area contributed by atoms with Crippen molar-refractivity contribution in [2.45, 2.75) is 24.2 Å². The summed E-state index contributed by atoms with van der Waals surface area (Å²) in [6, 6.07) is 17.0. The highest BCUT2D eigenvalue weighted by Gasteiger charge is 2.20. The molecule has 1 amide bonds. The van der Waals surface area contributed by atoms with Gasteiger partial charge in [0.05, 0.1) is 5.92 Å². The van der Waals surface area contributed by atoms with E-state index in [1.807, 2.05) is 61.7 Å². The Morgan fingerprint density at radius 2 is 1.88 bits per heavy atom. The maximum atomic E-state index is 12.2. The van der Waals surface area contributed by atoms with E-state index >= 15 is 0 Å². The van der Waals surface area contributed by atoms with Crippen molar-refractivity contribution in [3.63, 3.8) is 0 Å². The number of nitrogens with one attached hydrogen (secondary N) is 1. The standard InChI is InChI=1S/C19H21NO3S/c1-3-17(14-8-5-4-6-9-14)19(22)23-13-18(21)20-15-10-7-11-16(12-15)24-2/h4-12,17H,3,13H2,1-2H3,(H,20,21)/t17-/m1/s1. The Bertz CT molecular complexity index is 688. The predicted molar refractivity (Wildman–Crippen MR) is 97.3 cm³/mol. The molecule has 0 aromatic heterocycles. The highest BCUT2D eigenvalue weighted by Crippen LogP contribution is 2.21. The summed E-state index contributed by atoms with van der Waals surface area (Å²) in [5, 5.41) is 2.74. The van der Waals surface area contributed by atoms with Crippen LogP contribution in [0.4, 0.5) is 5.69 Å². The summed E-state index contributed by atoms with van der Waals surface area (Å²) in [5.74, 6) is -1.07. The van der Waals surface area contributed by atoms with E-state index < -0.39 is 0 Å². The van der Waals surface area contributed by atoms with Crippen molar-refractivity contribution >= 4 is 29.3 Å². The van der Waals surface area contributed by atoms with Gasteiger partial charge in [0.2, 0.25) is 0 Å². The Morgan fingerprint density at radius 3 is 2.54 bits per heavy atom. The van der Waals surface area contributed by atoms with Gasteiger partial charge in [-0.1, -0.05) is 43.3 Å². The molecule has 0 bridgehead atoms. The van der Waals surface area contributed by atoms with E-state index in [1.54, 1.807) is 17.8 Å². The summed E-state index contributed by atoms with van der Waals surface area (Å²) >= 11 is 1.60. The molecule has 0 saturated heterocycles. The van der Waals surface area contributed by atoms with Gasteiger partial charge in [-0.05, 0) is 36.4 Å². The molecule has 0 radical (unpaired) electrons. The Morgan fingerprint density at radius 1 is 1.12 bits per heavy atom. The maximum Gasteiger partial charge on any atom is 0.313 e. The minimum Gasteiger partial charge on any atom is -0.455 e. The van der Waals surface area contributed by atoms with Gasteiger partial charge in [-0.15, -0.1) is 11.8 Å². The lowest BCUT2D eigenvalue weighted by Gasteiger charge is -2.14. The molecule has 2 rings (SSSR count). The summed E-state index contributed by atoms with van der Waals surface area (Å²) in [5.41, 5.74) is 1.59. The van der Waals surface area contributed by atoms with Crippen LogP contribution in [0, 0.1) is 0 Å². The second-order valence-corrected chi connectivity index (χ2v) is 6.14. The third-order valence-corrected chi connectivity index (χ3v) is 4.32. The molecular formula is C19H21NO3S. The summed E-state index contributed by atoms with van der Waals surface area (Å²) in [6.07, 6.45) is 2.59. The monoisotopic (exact) mass is 343 g/mol. The number of rotatable bonds is 7. The minimum absolute atomic E-state index is 0.286. The van der Waals surface area contributed by atoms with Gasteiger partial charge < -0.3 is 10.1 Å². The topological polar surface area (TPSA) is 55.4 Å². The van der Waals surface area contributed by atoms with E-state index in [4.69, 9.17) is 4.74 Å². The first-order chi connectivity index (χ1) is 11.6. The number of carbonyl (C=O) groups excluding carboxylic acids is 2. The van der Waals surface area contributed by atoms with Crippen LogP contribution in [-0.2, 0) is 14.3 Å². The molecule has 0 heterocycles. The minimum atomic E-state index is -0.378. The number of anilines is 1. The number of hydrogen-bond acceptors (Lipinski definition) is 4. The third kappa shape index (κ3) is 5.13. The lowest BCUT2D eigenvalue weighted by atomic mass is 9.97. The van der Waals surface area contributed by atoms with Crippen molar-refractivity contribution in [3.8, 4) is 0 Å². The summed E-state index contributed by atoms with van der Waals surface area (Å²) in [6.45, 7) is 1.64. The summed E-state index contributed by atoms with van der Waals surface area (Å²) < 4.78 is 5.18. The zero-order valence-corrected chi connectivity index (χ0v) is 14.6. The average molecular weight is 343 g/mol. The maximum absolute atomic E-state index is 12.2. The first-order valence-electron chi connectivity index (χ1n) is 7.79. The molecule has 0 fully saturated rings. The van der Waals surface area contributed by atoms with Gasteiger partial charge in [0.25, 0.3) is 5.91 Å². The highest BCUT2D eigenvalue weighted by atomic mass is 32.2. The Labute approximate surface area is 146 Å². The summed E-state index contributed by atoms with van der Waals surface area (Å²) in [4.78, 5) is 25.3. The second kappa shape index (κ2) is 9.13. The van der Waals surface area contributed by atoms with Crippen LogP contribution in [0.15, 0.2) is 59.5 Å². The van der Waals surface area contributed by atoms with E-state index in [1.165, 1.54) is 0 Å². The highest BCUT2D eigenvalue weighted by molar-refractivity contribution is 7.98. The van der Waals surface area contributed by atoms with Gasteiger partial charge in [-0.25, -0.2) is 0 Å². The normalized spacial score (nSPS) is 11.6. The average Bonchev–Trinajstić information content (AvgIpc) is 2.61. The van der Waals surface area contributed by atoms with Crippen LogP contribution in [0.5, 0.6) is 0 Å². The van der Waals surface area contributed by atoms with Crippen molar-refractivity contribution in [2.75, 3.05) is 18.2 Å². The first kappa shape index (κ1) is 18.1. The van der Waals surface area contributed by atoms with E-state index in [0.717, 1.165) is 10.5 Å². The number of esters is 1. The number of amides is 1. The van der Waals surface area contributed by atoms with Crippen LogP contribution >= 0.6 is 11.8 Å². The molecular weight excluding hydrogens is 322 g/mol. The van der Waals surface area contributed by atoms with Gasteiger partial charge in [-0.3, -0.25) is 9.59 Å². The van der Waals surface area contributed by atoms with Gasteiger partial charge in [0, 0.05) is 10.6 Å². The molecule has 24 heavy (non-hydrogen) atoms. The molecule has 0 aliphatic rings. The van der Waals surface area contributed by atoms with Crippen molar-refractivity contribution in [1.82, 2.24) is 0 Å². The van der Waals surface area contributed by atoms with E-state index in [0.29, 0.717) is 12.1 Å². The molecule has 1 atom stereocenters. The molecule has 0 saturated carbocycles. The molecule has 0 aliphatic carbocycles. The number of benzene rings is 2. The number of carbonyl (C=O) groups is 2. The van der Waals surface area contributed by atoms with Crippen LogP contribution in [-0.4, -0.2) is 24.7 Å². The molecule has 4 nitrogen and oxygen atoms in total. The lowest BCUT2D eigenvalue weighted by Crippen LogP contribution is -2.23. The number of thioether (sulfide) groups is 1. The largest absolute Gasteiger partial charge is 0.455 e. The molecule has 2 aromatic rings. The van der Waals surface area contributed by atoms with Crippen molar-refractivity contribution < 1.29 is 14.3 Å². The Balaban J connectivity index is 1.89. The fraction of sp³-hybridized carbons (Fsp3) is 0.263. The van der Waals surface area contributed by atoms with Gasteiger partial charge >= 0.3 is 5.97 Å². The van der Waals surface area contributed by atoms with E-state index in [-0.39, 0.29) is 24.4 Å². The first-order valence-corrected chi connectivity index (χ1v) is 9.02. The van der Waals surface area contributed by atoms with Gasteiger partial charge in [0.1, 0.15) is 0 Å². The fourth-order valence-corrected chi connectivity index (χ4v) is 2.82. The van der Waals surface area contributed by atoms with Crippen molar-refractivity contribution in [2.24, 2.45) is 0 Å². The lowest BCUT2D eigenvalue weighted by molar-refractivity contribution is -0.149. The molecule has 0 spiro atoms. The van der Waals surface area contributed by atoms with E-state index in [9.17, 15) is 9.59 Å². The smallest absolute Gasteiger partial charge is 0.313 e. The quantitative estimate of drug-likeness (QED) is 0.608. The van der Waals surface area contributed by atoms with Crippen LogP contribution in [0.25, 0.3) is 0 Å². The SMILES string of the molecule is CC[C@@H](C(=O)OCC(=O)Nc1cccc(SC)c1)c1ccccc1. The van der Waals surface area contributed by atoms with Crippen LogP contribution in [0.3, 0.4) is 0 Å². The van der Waals surface area contributed by atoms with E-state index in [2.05, 4.69) is 5.32 Å². The molecule has 2 aromatic carbocycles. The predicted octanol–water partition coefficient (Wildman–Crippen LogP) is 4.08. The molecule has 1 N–H and O–H groups in total. The van der Waals surface area contributed by atoms with Crippen molar-refractivity contribution in [3.05, 3.63) is 60.2 Å². The third-order valence-electron chi connectivity index (χ3n) is 3.59. The zero-order chi connectivity index (χ0) is 17.4. The Hall–Kier alpha value is -2.27. The molecule has 5 heteroatoms. The van der Waals surface area contributed by atoms with Crippen LogP contribution in [0.1, 0.15) is 24.8 Å². The molecule has 0 aliphatic heterocycles. The second-order valence-electron chi connectivity index (χ2n) is 5.26. The zero-order valence-electron chi connectivity index (χ0n) is 13.8. The van der Waals surface area contributed by atoms with Gasteiger partial charge in [-0.2, -0.15) is 0 Å². The van der Waals surface area contributed by atoms with Gasteiger partial charge in [0.15, 0.2) is 6.61 Å². The number of hydrogen-bond donors (Lipinski definition) is 1. The van der Waals surface area contributed by atoms with Crippen LogP contribution in [0.2, 0.25) is 0 Å². The van der Waals surface area contributed by atoms with Crippen molar-refractivity contribution in [1.29, 1.82) is 0 Å². The fourth-order valence-electron chi connectivity index (χ4n) is 2.36. The Kier molecular flexibility index (Phi) is 6.88. The summed E-state index contributed by atoms with van der Waals surface area (Å²) in [7, 11) is 0.